The summed E-state index contributed by atoms with van der Waals surface area (Å²) in [4.78, 5) is 35.7. The Balaban J connectivity index is 2.03. The van der Waals surface area contributed by atoms with Crippen LogP contribution in [0.1, 0.15) is 49.9 Å². The number of piperidine rings is 1. The van der Waals surface area contributed by atoms with Crippen LogP contribution in [0.4, 0.5) is 0 Å². The first-order valence-corrected chi connectivity index (χ1v) is 9.45. The van der Waals surface area contributed by atoms with Gasteiger partial charge < -0.3 is 20.1 Å². The molecule has 1 atom stereocenters. The smallest absolute Gasteiger partial charge is 0.311 e. The molecular formula is C20H28N2O5. The number of nitrogens with one attached hydrogen (secondary N) is 2. The number of benzene rings is 1. The van der Waals surface area contributed by atoms with E-state index in [1.807, 2.05) is 6.92 Å². The molecule has 1 amide bonds. The fraction of sp³-hybridized carbons (Fsp3) is 0.550. The Bertz CT molecular complexity index is 638. The van der Waals surface area contributed by atoms with Crippen LogP contribution in [-0.4, -0.2) is 49.5 Å². The minimum absolute atomic E-state index is 0.0109. The second-order valence-corrected chi connectivity index (χ2v) is 6.62. The Morgan fingerprint density at radius 1 is 1.19 bits per heavy atom. The molecule has 2 N–H and O–H groups in total. The van der Waals surface area contributed by atoms with Crippen molar-refractivity contribution in [3.8, 4) is 5.75 Å². The van der Waals surface area contributed by atoms with E-state index in [1.165, 1.54) is 6.92 Å². The highest BCUT2D eigenvalue weighted by Gasteiger charge is 2.26. The van der Waals surface area contributed by atoms with E-state index < -0.39 is 6.10 Å². The number of ketones is 1. The molecule has 7 nitrogen and oxygen atoms in total. The van der Waals surface area contributed by atoms with Crippen LogP contribution in [0.5, 0.6) is 5.75 Å². The number of esters is 1. The summed E-state index contributed by atoms with van der Waals surface area (Å²) in [6.45, 7) is 5.14. The Morgan fingerprint density at radius 3 is 2.44 bits per heavy atom. The molecule has 0 aromatic heterocycles. The Hall–Kier alpha value is -2.25. The van der Waals surface area contributed by atoms with Crippen molar-refractivity contribution in [2.45, 2.75) is 51.7 Å². The van der Waals surface area contributed by atoms with Crippen LogP contribution in [0.25, 0.3) is 0 Å². The monoisotopic (exact) mass is 376 g/mol. The maximum atomic E-state index is 12.9. The predicted molar refractivity (Wildman–Crippen MR) is 101 cm³/mol. The number of rotatable bonds is 9. The second kappa shape index (κ2) is 10.8. The van der Waals surface area contributed by atoms with E-state index in [2.05, 4.69) is 10.6 Å². The largest absolute Gasteiger partial charge is 0.427 e. The lowest BCUT2D eigenvalue weighted by atomic mass is 10.0. The zero-order chi connectivity index (χ0) is 19.6. The Morgan fingerprint density at radius 2 is 1.85 bits per heavy atom. The summed E-state index contributed by atoms with van der Waals surface area (Å²) in [5.74, 6) is -0.300. The first-order valence-electron chi connectivity index (χ1n) is 9.45. The van der Waals surface area contributed by atoms with Gasteiger partial charge in [-0.3, -0.25) is 14.4 Å². The van der Waals surface area contributed by atoms with Crippen molar-refractivity contribution in [2.75, 3.05) is 19.6 Å². The molecule has 1 aliphatic rings. The van der Waals surface area contributed by atoms with Crippen LogP contribution < -0.4 is 15.4 Å². The lowest BCUT2D eigenvalue weighted by Gasteiger charge is -2.27. The van der Waals surface area contributed by atoms with Crippen molar-refractivity contribution >= 4 is 17.7 Å². The van der Waals surface area contributed by atoms with Crippen LogP contribution in [0.15, 0.2) is 24.3 Å². The van der Waals surface area contributed by atoms with Gasteiger partial charge in [-0.05, 0) is 56.6 Å². The lowest BCUT2D eigenvalue weighted by molar-refractivity contribution is -0.134. The third-order valence-corrected chi connectivity index (χ3v) is 4.30. The Labute approximate surface area is 159 Å². The van der Waals surface area contributed by atoms with Gasteiger partial charge in [-0.2, -0.15) is 0 Å². The second-order valence-electron chi connectivity index (χ2n) is 6.62. The Kier molecular flexibility index (Phi) is 8.42. The molecule has 1 heterocycles. The number of carbonyl (C=O) groups excluding carboxylic acids is 3. The summed E-state index contributed by atoms with van der Waals surface area (Å²) in [6, 6.07) is 6.43. The molecule has 1 unspecified atom stereocenters. The summed E-state index contributed by atoms with van der Waals surface area (Å²) in [7, 11) is 0. The van der Waals surface area contributed by atoms with Crippen molar-refractivity contribution in [1.29, 1.82) is 0 Å². The molecule has 0 saturated carbocycles. The standard InChI is InChI=1S/C20H28N2O5/c1-3-4-19(24)27-16-7-5-15(6-8-16)20(25)18(13-22-14(2)23)26-17-9-11-21-12-10-17/h5-8,17-18,21H,3-4,9-13H2,1-2H3,(H,22,23). The molecule has 27 heavy (non-hydrogen) atoms. The summed E-state index contributed by atoms with van der Waals surface area (Å²) < 4.78 is 11.2. The molecule has 1 aliphatic heterocycles. The number of carbonyl (C=O) groups is 3. The average molecular weight is 376 g/mol. The first kappa shape index (κ1) is 21.1. The van der Waals surface area contributed by atoms with Gasteiger partial charge in [0.2, 0.25) is 5.91 Å². The highest BCUT2D eigenvalue weighted by atomic mass is 16.5. The van der Waals surface area contributed by atoms with E-state index in [-0.39, 0.29) is 30.3 Å². The molecule has 148 valence electrons. The fourth-order valence-corrected chi connectivity index (χ4v) is 2.86. The van der Waals surface area contributed by atoms with E-state index in [0.29, 0.717) is 24.2 Å². The lowest BCUT2D eigenvalue weighted by Crippen LogP contribution is -2.42. The molecule has 2 rings (SSSR count). The number of Topliss-reactive ketones (excluding diaryl/α,β-unsaturated/α-hetero) is 1. The molecule has 0 aliphatic carbocycles. The molecule has 0 spiro atoms. The van der Waals surface area contributed by atoms with E-state index in [4.69, 9.17) is 9.47 Å². The predicted octanol–water partition coefficient (Wildman–Crippen LogP) is 1.85. The maximum absolute atomic E-state index is 12.9. The molecule has 1 aromatic carbocycles. The molecule has 0 radical (unpaired) electrons. The summed E-state index contributed by atoms with van der Waals surface area (Å²) >= 11 is 0. The van der Waals surface area contributed by atoms with Crippen LogP contribution in [0.3, 0.4) is 0 Å². The van der Waals surface area contributed by atoms with Crippen molar-refractivity contribution < 1.29 is 23.9 Å². The van der Waals surface area contributed by atoms with Crippen LogP contribution in [0, 0.1) is 0 Å². The number of ether oxygens (including phenoxy) is 2. The minimum atomic E-state index is -0.745. The van der Waals surface area contributed by atoms with Crippen molar-refractivity contribution in [3.63, 3.8) is 0 Å². The molecule has 1 aromatic rings. The summed E-state index contributed by atoms with van der Waals surface area (Å²) in [5, 5.41) is 5.92. The molecule has 1 saturated heterocycles. The highest BCUT2D eigenvalue weighted by molar-refractivity contribution is 6.00. The molecule has 7 heteroatoms. The van der Waals surface area contributed by atoms with Crippen LogP contribution >= 0.6 is 0 Å². The van der Waals surface area contributed by atoms with Gasteiger partial charge in [-0.1, -0.05) is 6.92 Å². The van der Waals surface area contributed by atoms with Crippen molar-refractivity contribution in [3.05, 3.63) is 29.8 Å². The van der Waals surface area contributed by atoms with Gasteiger partial charge in [0.1, 0.15) is 11.9 Å². The van der Waals surface area contributed by atoms with Gasteiger partial charge in [0.05, 0.1) is 12.6 Å². The summed E-state index contributed by atoms with van der Waals surface area (Å²) in [5.41, 5.74) is 0.453. The molecular weight excluding hydrogens is 348 g/mol. The minimum Gasteiger partial charge on any atom is -0.427 e. The zero-order valence-electron chi connectivity index (χ0n) is 16.0. The van der Waals surface area contributed by atoms with Gasteiger partial charge in [0, 0.05) is 18.9 Å². The normalized spacial score (nSPS) is 15.8. The van der Waals surface area contributed by atoms with E-state index in [9.17, 15) is 14.4 Å². The van der Waals surface area contributed by atoms with Crippen LogP contribution in [0.2, 0.25) is 0 Å². The highest BCUT2D eigenvalue weighted by Crippen LogP contribution is 2.17. The van der Waals surface area contributed by atoms with Crippen molar-refractivity contribution in [2.24, 2.45) is 0 Å². The van der Waals surface area contributed by atoms with Gasteiger partial charge in [-0.25, -0.2) is 0 Å². The quantitative estimate of drug-likeness (QED) is 0.388. The summed E-state index contributed by atoms with van der Waals surface area (Å²) in [6.07, 6.45) is 1.97. The topological polar surface area (TPSA) is 93.7 Å². The van der Waals surface area contributed by atoms with Gasteiger partial charge in [-0.15, -0.1) is 0 Å². The number of hydrogen-bond acceptors (Lipinski definition) is 6. The van der Waals surface area contributed by atoms with Gasteiger partial charge in [0.25, 0.3) is 0 Å². The average Bonchev–Trinajstić information content (AvgIpc) is 2.66. The molecule has 0 bridgehead atoms. The zero-order valence-corrected chi connectivity index (χ0v) is 16.0. The molecule has 1 fully saturated rings. The number of hydrogen-bond donors (Lipinski definition) is 2. The first-order chi connectivity index (χ1) is 13.0. The van der Waals surface area contributed by atoms with Gasteiger partial charge in [0.15, 0.2) is 5.78 Å². The third kappa shape index (κ3) is 7.11. The third-order valence-electron chi connectivity index (χ3n) is 4.30. The van der Waals surface area contributed by atoms with E-state index in [1.54, 1.807) is 24.3 Å². The van der Waals surface area contributed by atoms with Gasteiger partial charge >= 0.3 is 5.97 Å². The fourth-order valence-electron chi connectivity index (χ4n) is 2.86. The maximum Gasteiger partial charge on any atom is 0.311 e. The van der Waals surface area contributed by atoms with Crippen LogP contribution in [-0.2, 0) is 14.3 Å². The van der Waals surface area contributed by atoms with E-state index in [0.717, 1.165) is 25.9 Å². The number of amides is 1. The van der Waals surface area contributed by atoms with E-state index >= 15 is 0 Å². The van der Waals surface area contributed by atoms with Crippen molar-refractivity contribution in [1.82, 2.24) is 10.6 Å². The SMILES string of the molecule is CCCC(=O)Oc1ccc(C(=O)C(CNC(C)=O)OC2CCNCC2)cc1.